The van der Waals surface area contributed by atoms with E-state index in [4.69, 9.17) is 26.3 Å². The maximum Gasteiger partial charge on any atom is 0.151 e. The minimum atomic E-state index is -0.269. The van der Waals surface area contributed by atoms with E-state index in [1.165, 1.54) is 0 Å². The van der Waals surface area contributed by atoms with E-state index in [1.54, 1.807) is 18.2 Å². The predicted octanol–water partition coefficient (Wildman–Crippen LogP) is 3.32. The van der Waals surface area contributed by atoms with Crippen LogP contribution < -0.4 is 10.1 Å². The van der Waals surface area contributed by atoms with E-state index < -0.39 is 0 Å². The number of hydrogen-bond acceptors (Lipinski definition) is 4. The molecule has 2 atom stereocenters. The molecule has 5 heteroatoms. The number of nitrogens with one attached hydrogen (secondary N) is 1. The molecule has 0 spiro atoms. The zero-order valence-corrected chi connectivity index (χ0v) is 13.3. The van der Waals surface area contributed by atoms with Crippen molar-refractivity contribution in [3.05, 3.63) is 64.7 Å². The van der Waals surface area contributed by atoms with Gasteiger partial charge in [0.2, 0.25) is 0 Å². The second-order valence-corrected chi connectivity index (χ2v) is 5.73. The minimum Gasteiger partial charge on any atom is -0.481 e. The van der Waals surface area contributed by atoms with Gasteiger partial charge in [-0.2, -0.15) is 5.26 Å². The highest BCUT2D eigenvalue weighted by Crippen LogP contribution is 2.32. The Morgan fingerprint density at radius 2 is 2.09 bits per heavy atom. The van der Waals surface area contributed by atoms with Gasteiger partial charge in [0.25, 0.3) is 0 Å². The summed E-state index contributed by atoms with van der Waals surface area (Å²) in [6, 6.07) is 17.1. The summed E-state index contributed by atoms with van der Waals surface area (Å²) in [5, 5.41) is 12.7. The summed E-state index contributed by atoms with van der Waals surface area (Å²) in [6.07, 6.45) is -0.368. The van der Waals surface area contributed by atoms with Crippen LogP contribution in [0.5, 0.6) is 5.75 Å². The van der Waals surface area contributed by atoms with Crippen molar-refractivity contribution < 1.29 is 9.47 Å². The van der Waals surface area contributed by atoms with E-state index in [0.717, 1.165) is 12.1 Å². The molecule has 1 fully saturated rings. The third-order valence-corrected chi connectivity index (χ3v) is 4.03. The molecule has 0 amide bonds. The molecule has 4 nitrogen and oxygen atoms in total. The van der Waals surface area contributed by atoms with E-state index in [0.29, 0.717) is 29.5 Å². The normalized spacial score (nSPS) is 18.9. The third kappa shape index (κ3) is 3.83. The van der Waals surface area contributed by atoms with Gasteiger partial charge in [-0.15, -0.1) is 0 Å². The monoisotopic (exact) mass is 328 g/mol. The van der Waals surface area contributed by atoms with E-state index in [9.17, 15) is 0 Å². The molecule has 2 aromatic carbocycles. The van der Waals surface area contributed by atoms with Crippen LogP contribution in [-0.2, 0) is 4.74 Å². The SMILES string of the molecule is N#Cc1ccc(OC(c2ccccc2)C2CNCCO2)c(Cl)c1. The molecule has 0 aliphatic carbocycles. The lowest BCUT2D eigenvalue weighted by molar-refractivity contribution is -0.0432. The summed E-state index contributed by atoms with van der Waals surface area (Å²) >= 11 is 6.25. The molecule has 1 aliphatic rings. The van der Waals surface area contributed by atoms with Gasteiger partial charge < -0.3 is 14.8 Å². The van der Waals surface area contributed by atoms with Gasteiger partial charge in [0.1, 0.15) is 11.9 Å². The van der Waals surface area contributed by atoms with Crippen LogP contribution in [0.1, 0.15) is 17.2 Å². The molecule has 2 unspecified atom stereocenters. The summed E-state index contributed by atoms with van der Waals surface area (Å²) in [5.74, 6) is 0.550. The first-order chi connectivity index (χ1) is 11.3. The fourth-order valence-corrected chi connectivity index (χ4v) is 2.81. The largest absolute Gasteiger partial charge is 0.481 e. The smallest absolute Gasteiger partial charge is 0.151 e. The number of nitriles is 1. The highest BCUT2D eigenvalue weighted by atomic mass is 35.5. The molecule has 23 heavy (non-hydrogen) atoms. The molecule has 0 bridgehead atoms. The highest BCUT2D eigenvalue weighted by molar-refractivity contribution is 6.32. The van der Waals surface area contributed by atoms with Crippen LogP contribution >= 0.6 is 11.6 Å². The Morgan fingerprint density at radius 1 is 1.26 bits per heavy atom. The average Bonchev–Trinajstić information content (AvgIpc) is 2.62. The van der Waals surface area contributed by atoms with Gasteiger partial charge in [-0.05, 0) is 23.8 Å². The van der Waals surface area contributed by atoms with Crippen molar-refractivity contribution in [1.29, 1.82) is 5.26 Å². The van der Waals surface area contributed by atoms with Crippen LogP contribution in [0.2, 0.25) is 5.02 Å². The number of benzene rings is 2. The Balaban J connectivity index is 1.88. The van der Waals surface area contributed by atoms with Gasteiger partial charge in [0.05, 0.1) is 23.3 Å². The number of morpholine rings is 1. The number of halogens is 1. The lowest BCUT2D eigenvalue weighted by Gasteiger charge is -2.31. The zero-order valence-electron chi connectivity index (χ0n) is 12.5. The van der Waals surface area contributed by atoms with E-state index in [-0.39, 0.29) is 12.2 Å². The average molecular weight is 329 g/mol. The number of hydrogen-bond donors (Lipinski definition) is 1. The molecule has 2 aromatic rings. The Labute approximate surface area is 140 Å². The standard InChI is InChI=1S/C18H17ClN2O2/c19-15-10-13(11-20)6-7-16(15)23-18(14-4-2-1-3-5-14)17-12-21-8-9-22-17/h1-7,10,17-18,21H,8-9,12H2. The molecule has 0 saturated carbocycles. The quantitative estimate of drug-likeness (QED) is 0.935. The molecule has 1 N–H and O–H groups in total. The molecule has 1 saturated heterocycles. The Hall–Kier alpha value is -2.06. The van der Waals surface area contributed by atoms with Gasteiger partial charge in [0.15, 0.2) is 6.10 Å². The topological polar surface area (TPSA) is 54.3 Å². The molecule has 0 aromatic heterocycles. The predicted molar refractivity (Wildman–Crippen MR) is 88.6 cm³/mol. The van der Waals surface area contributed by atoms with Gasteiger partial charge in [-0.25, -0.2) is 0 Å². The first-order valence-corrected chi connectivity index (χ1v) is 7.89. The molecule has 1 aliphatic heterocycles. The Bertz CT molecular complexity index is 694. The summed E-state index contributed by atoms with van der Waals surface area (Å²) in [4.78, 5) is 0. The van der Waals surface area contributed by atoms with Gasteiger partial charge in [-0.1, -0.05) is 41.9 Å². The van der Waals surface area contributed by atoms with Crippen LogP contribution in [0, 0.1) is 11.3 Å². The van der Waals surface area contributed by atoms with E-state index in [1.807, 2.05) is 30.3 Å². The second kappa shape index (κ2) is 7.47. The first kappa shape index (κ1) is 15.8. The molecular formula is C18H17ClN2O2. The van der Waals surface area contributed by atoms with Gasteiger partial charge >= 0.3 is 0 Å². The van der Waals surface area contributed by atoms with Crippen LogP contribution in [0.4, 0.5) is 0 Å². The summed E-state index contributed by atoms with van der Waals surface area (Å²) in [6.45, 7) is 2.21. The van der Waals surface area contributed by atoms with E-state index >= 15 is 0 Å². The van der Waals surface area contributed by atoms with Crippen molar-refractivity contribution in [1.82, 2.24) is 5.32 Å². The minimum absolute atomic E-state index is 0.0992. The number of rotatable bonds is 4. The van der Waals surface area contributed by atoms with Crippen LogP contribution in [0.3, 0.4) is 0 Å². The highest BCUT2D eigenvalue weighted by Gasteiger charge is 2.28. The number of nitrogens with zero attached hydrogens (tertiary/aromatic N) is 1. The van der Waals surface area contributed by atoms with Crippen molar-refractivity contribution in [2.75, 3.05) is 19.7 Å². The lowest BCUT2D eigenvalue weighted by Crippen LogP contribution is -2.43. The lowest BCUT2D eigenvalue weighted by atomic mass is 10.0. The molecular weight excluding hydrogens is 312 g/mol. The maximum atomic E-state index is 8.94. The van der Waals surface area contributed by atoms with Crippen molar-refractivity contribution in [2.24, 2.45) is 0 Å². The molecule has 3 rings (SSSR count). The second-order valence-electron chi connectivity index (χ2n) is 5.32. The Kier molecular flexibility index (Phi) is 5.14. The van der Waals surface area contributed by atoms with Crippen molar-refractivity contribution in [3.63, 3.8) is 0 Å². The number of ether oxygens (including phenoxy) is 2. The fraction of sp³-hybridized carbons (Fsp3) is 0.278. The fourth-order valence-electron chi connectivity index (χ4n) is 2.58. The molecule has 1 heterocycles. The summed E-state index contributed by atoms with van der Waals surface area (Å²) in [7, 11) is 0. The van der Waals surface area contributed by atoms with Crippen molar-refractivity contribution >= 4 is 11.6 Å². The summed E-state index contributed by atoms with van der Waals surface area (Å²) < 4.78 is 12.0. The van der Waals surface area contributed by atoms with Crippen LogP contribution in [0.25, 0.3) is 0 Å². The maximum absolute atomic E-state index is 8.94. The van der Waals surface area contributed by atoms with Gasteiger partial charge in [0, 0.05) is 13.1 Å². The Morgan fingerprint density at radius 3 is 2.74 bits per heavy atom. The van der Waals surface area contributed by atoms with Crippen molar-refractivity contribution in [3.8, 4) is 11.8 Å². The molecule has 118 valence electrons. The van der Waals surface area contributed by atoms with E-state index in [2.05, 4.69) is 11.4 Å². The van der Waals surface area contributed by atoms with Crippen molar-refractivity contribution in [2.45, 2.75) is 12.2 Å². The van der Waals surface area contributed by atoms with Crippen LogP contribution in [0.15, 0.2) is 48.5 Å². The molecule has 0 radical (unpaired) electrons. The van der Waals surface area contributed by atoms with Crippen LogP contribution in [-0.4, -0.2) is 25.8 Å². The summed E-state index contributed by atoms with van der Waals surface area (Å²) in [5.41, 5.74) is 1.54. The zero-order chi connectivity index (χ0) is 16.1. The first-order valence-electron chi connectivity index (χ1n) is 7.51. The third-order valence-electron chi connectivity index (χ3n) is 3.74. The van der Waals surface area contributed by atoms with Gasteiger partial charge in [-0.3, -0.25) is 0 Å².